The first kappa shape index (κ1) is 27.9. The highest BCUT2D eigenvalue weighted by Gasteiger charge is 2.33. The maximum atomic E-state index is 12.9. The highest BCUT2D eigenvalue weighted by Crippen LogP contribution is 2.06. The average molecular weight is 485 g/mol. The third kappa shape index (κ3) is 9.47. The van der Waals surface area contributed by atoms with Gasteiger partial charge in [-0.3, -0.25) is 19.2 Å². The van der Waals surface area contributed by atoms with E-state index in [9.17, 15) is 29.1 Å². The lowest BCUT2D eigenvalue weighted by Crippen LogP contribution is -2.60. The first-order valence-electron chi connectivity index (χ1n) is 9.90. The topological polar surface area (TPSA) is 208 Å². The van der Waals surface area contributed by atoms with E-state index in [0.717, 1.165) is 0 Å². The van der Waals surface area contributed by atoms with Gasteiger partial charge in [0.2, 0.25) is 17.7 Å². The molecule has 0 aliphatic heterocycles. The number of benzene rings is 1. The van der Waals surface area contributed by atoms with Crippen LogP contribution in [-0.2, 0) is 30.4 Å². The third-order valence-electron chi connectivity index (χ3n) is 4.51. The van der Waals surface area contributed by atoms with Crippen LogP contribution in [-0.4, -0.2) is 81.0 Å². The van der Waals surface area contributed by atoms with Crippen molar-refractivity contribution in [2.75, 3.05) is 5.75 Å². The van der Waals surface area contributed by atoms with E-state index in [1.54, 1.807) is 30.3 Å². The van der Waals surface area contributed by atoms with Crippen molar-refractivity contribution in [1.29, 1.82) is 0 Å². The van der Waals surface area contributed by atoms with Gasteiger partial charge in [-0.15, -0.1) is 0 Å². The summed E-state index contributed by atoms with van der Waals surface area (Å²) in [5.41, 5.74) is 6.33. The molecule has 33 heavy (non-hydrogen) atoms. The first-order chi connectivity index (χ1) is 15.5. The molecule has 0 radical (unpaired) electrons. The summed E-state index contributed by atoms with van der Waals surface area (Å²) in [4.78, 5) is 59.7. The van der Waals surface area contributed by atoms with Crippen LogP contribution < -0.4 is 21.7 Å². The minimum atomic E-state index is -1.78. The lowest BCUT2D eigenvalue weighted by atomic mass is 10.0. The van der Waals surface area contributed by atoms with Gasteiger partial charge in [-0.05, 0) is 12.5 Å². The van der Waals surface area contributed by atoms with E-state index in [0.29, 0.717) is 5.56 Å². The molecule has 8 N–H and O–H groups in total. The molecule has 1 rings (SSSR count). The van der Waals surface area contributed by atoms with Crippen LogP contribution in [0.25, 0.3) is 0 Å². The number of carbonyl (C=O) groups is 5. The molecule has 1 aromatic rings. The molecule has 0 aliphatic rings. The molecule has 182 valence electrons. The fourth-order valence-corrected chi connectivity index (χ4v) is 2.88. The molecule has 0 aromatic heterocycles. The minimum absolute atomic E-state index is 0.0182. The number of rotatable bonds is 13. The van der Waals surface area contributed by atoms with Crippen molar-refractivity contribution in [1.82, 2.24) is 16.0 Å². The Bertz CT molecular complexity index is 852. The van der Waals surface area contributed by atoms with Crippen molar-refractivity contribution in [3.63, 3.8) is 0 Å². The van der Waals surface area contributed by atoms with E-state index in [1.807, 2.05) is 5.32 Å². The number of aliphatic hydroxyl groups is 1. The molecule has 1 aromatic carbocycles. The zero-order valence-electron chi connectivity index (χ0n) is 17.8. The van der Waals surface area contributed by atoms with Crippen LogP contribution in [0.3, 0.4) is 0 Å². The second-order valence-electron chi connectivity index (χ2n) is 7.26. The molecule has 0 bridgehead atoms. The number of hydrogen-bond acceptors (Lipinski definition) is 8. The molecular formula is C20H28N4O8S. The summed E-state index contributed by atoms with van der Waals surface area (Å²) < 4.78 is 0. The van der Waals surface area contributed by atoms with Crippen molar-refractivity contribution in [2.24, 2.45) is 5.73 Å². The highest BCUT2D eigenvalue weighted by molar-refractivity contribution is 7.80. The first-order valence-corrected chi connectivity index (χ1v) is 10.5. The summed E-state index contributed by atoms with van der Waals surface area (Å²) in [6.07, 6.45) is -2.35. The van der Waals surface area contributed by atoms with E-state index in [4.69, 9.17) is 15.9 Å². The highest BCUT2D eigenvalue weighted by atomic mass is 32.1. The lowest BCUT2D eigenvalue weighted by Gasteiger charge is -2.26. The Balaban J connectivity index is 3.05. The van der Waals surface area contributed by atoms with E-state index in [1.165, 1.54) is 6.92 Å². The second-order valence-corrected chi connectivity index (χ2v) is 7.63. The molecule has 0 fully saturated rings. The second kappa shape index (κ2) is 13.4. The number of amides is 3. The SMILES string of the molecule is CC(O)C(NC(=O)C(Cc1ccccc1)NC(=O)C(N)CS)C(=O)NC(CC(=O)O)C(=O)O. The standard InChI is InChI=1S/C20H28N4O8S/c1-10(25)16(19(30)23-14(20(31)32)8-15(26)27)24-18(29)13(22-17(28)12(21)9-33)7-11-5-3-2-4-6-11/h2-6,10,12-14,16,25,33H,7-9,21H2,1H3,(H,22,28)(H,23,30)(H,24,29)(H,26,27)(H,31,32). The molecule has 0 heterocycles. The molecule has 0 saturated heterocycles. The summed E-state index contributed by atoms with van der Waals surface area (Å²) in [6.45, 7) is 1.18. The molecule has 0 saturated carbocycles. The van der Waals surface area contributed by atoms with E-state index in [-0.39, 0.29) is 12.2 Å². The Morgan fingerprint density at radius 3 is 2.00 bits per heavy atom. The van der Waals surface area contributed by atoms with E-state index >= 15 is 0 Å². The Morgan fingerprint density at radius 1 is 0.939 bits per heavy atom. The van der Waals surface area contributed by atoms with Gasteiger partial charge in [-0.25, -0.2) is 4.79 Å². The zero-order chi connectivity index (χ0) is 25.1. The van der Waals surface area contributed by atoms with Crippen LogP contribution in [0.4, 0.5) is 0 Å². The van der Waals surface area contributed by atoms with E-state index < -0.39 is 66.4 Å². The van der Waals surface area contributed by atoms with Crippen LogP contribution in [0.15, 0.2) is 30.3 Å². The van der Waals surface area contributed by atoms with Crippen molar-refractivity contribution in [2.45, 2.75) is 50.0 Å². The van der Waals surface area contributed by atoms with Gasteiger partial charge >= 0.3 is 11.9 Å². The summed E-state index contributed by atoms with van der Waals surface area (Å²) in [5, 5.41) is 34.6. The van der Waals surface area contributed by atoms with Gasteiger partial charge in [0.05, 0.1) is 18.6 Å². The number of carbonyl (C=O) groups excluding carboxylic acids is 3. The number of aliphatic carboxylic acids is 2. The molecule has 3 amide bonds. The number of thiol groups is 1. The van der Waals surface area contributed by atoms with Gasteiger partial charge in [0.15, 0.2) is 0 Å². The van der Waals surface area contributed by atoms with Crippen molar-refractivity contribution in [3.05, 3.63) is 35.9 Å². The van der Waals surface area contributed by atoms with Gasteiger partial charge in [0, 0.05) is 12.2 Å². The Hall–Kier alpha value is -3.16. The predicted octanol–water partition coefficient (Wildman–Crippen LogP) is -2.12. The number of aliphatic hydroxyl groups excluding tert-OH is 1. The smallest absolute Gasteiger partial charge is 0.326 e. The fraction of sp³-hybridized carbons (Fsp3) is 0.450. The fourth-order valence-electron chi connectivity index (χ4n) is 2.72. The van der Waals surface area contributed by atoms with Gasteiger partial charge in [0.1, 0.15) is 18.1 Å². The third-order valence-corrected chi connectivity index (χ3v) is 4.90. The average Bonchev–Trinajstić information content (AvgIpc) is 2.75. The number of nitrogens with one attached hydrogen (secondary N) is 3. The largest absolute Gasteiger partial charge is 0.481 e. The minimum Gasteiger partial charge on any atom is -0.481 e. The molecule has 5 atom stereocenters. The predicted molar refractivity (Wildman–Crippen MR) is 119 cm³/mol. The monoisotopic (exact) mass is 484 g/mol. The van der Waals surface area contributed by atoms with Gasteiger partial charge in [0.25, 0.3) is 0 Å². The van der Waals surface area contributed by atoms with Crippen LogP contribution in [0, 0.1) is 0 Å². The Kier molecular flexibility index (Phi) is 11.3. The Labute approximate surface area is 195 Å². The molecule has 5 unspecified atom stereocenters. The summed E-state index contributed by atoms with van der Waals surface area (Å²) in [7, 11) is 0. The van der Waals surface area contributed by atoms with Crippen LogP contribution >= 0.6 is 12.6 Å². The van der Waals surface area contributed by atoms with Gasteiger partial charge in [-0.1, -0.05) is 30.3 Å². The Morgan fingerprint density at radius 2 is 1.52 bits per heavy atom. The number of nitrogens with two attached hydrogens (primary N) is 1. The lowest BCUT2D eigenvalue weighted by molar-refractivity contribution is -0.148. The number of carboxylic acid groups (broad SMARTS) is 2. The van der Waals surface area contributed by atoms with Gasteiger partial charge in [-0.2, -0.15) is 12.6 Å². The zero-order valence-corrected chi connectivity index (χ0v) is 18.7. The van der Waals surface area contributed by atoms with Crippen LogP contribution in [0.5, 0.6) is 0 Å². The maximum absolute atomic E-state index is 12.9. The maximum Gasteiger partial charge on any atom is 0.326 e. The van der Waals surface area contributed by atoms with Crippen molar-refractivity contribution in [3.8, 4) is 0 Å². The number of carboxylic acids is 2. The van der Waals surface area contributed by atoms with Crippen molar-refractivity contribution >= 4 is 42.3 Å². The molecule has 13 heteroatoms. The summed E-state index contributed by atoms with van der Waals surface area (Å²) in [6, 6.07) is 3.07. The quantitative estimate of drug-likeness (QED) is 0.144. The van der Waals surface area contributed by atoms with Crippen LogP contribution in [0.1, 0.15) is 18.9 Å². The van der Waals surface area contributed by atoms with Crippen LogP contribution in [0.2, 0.25) is 0 Å². The summed E-state index contributed by atoms with van der Waals surface area (Å²) >= 11 is 3.95. The van der Waals surface area contributed by atoms with Crippen molar-refractivity contribution < 1.29 is 39.3 Å². The molecular weight excluding hydrogens is 456 g/mol. The van der Waals surface area contributed by atoms with Gasteiger partial charge < -0.3 is 37.0 Å². The summed E-state index contributed by atoms with van der Waals surface area (Å²) in [5.74, 6) is -5.66. The molecule has 0 aliphatic carbocycles. The molecule has 0 spiro atoms. The normalized spacial score (nSPS) is 15.3. The number of hydrogen-bond donors (Lipinski definition) is 8. The molecule has 12 nitrogen and oxygen atoms in total. The van der Waals surface area contributed by atoms with E-state index in [2.05, 4.69) is 23.3 Å².